The molecule has 0 fully saturated rings. The van der Waals surface area contributed by atoms with Gasteiger partial charge in [0.25, 0.3) is 0 Å². The smallest absolute Gasteiger partial charge is 0.423 e. The molecule has 2 nitrogen and oxygen atoms in total. The molecule has 0 atom stereocenters. The highest BCUT2D eigenvalue weighted by molar-refractivity contribution is 6.71. The highest BCUT2D eigenvalue weighted by atomic mass is 16.5. The first-order chi connectivity index (χ1) is 9.59. The Morgan fingerprint density at radius 3 is 1.90 bits per heavy atom. The van der Waals surface area contributed by atoms with Crippen LogP contribution >= 0.6 is 0 Å². The Bertz CT molecular complexity index is 633. The van der Waals surface area contributed by atoms with Gasteiger partial charge in [-0.3, -0.25) is 0 Å². The van der Waals surface area contributed by atoms with Crippen molar-refractivity contribution in [2.24, 2.45) is 0 Å². The predicted octanol–water partition coefficient (Wildman–Crippen LogP) is 3.43. The van der Waals surface area contributed by atoms with Gasteiger partial charge < -0.3 is 9.68 Å². The number of hydrogen-bond donors (Lipinski definition) is 1. The van der Waals surface area contributed by atoms with Crippen LogP contribution in [0.3, 0.4) is 0 Å². The Kier molecular flexibility index (Phi) is 3.24. The molecule has 100 valence electrons. The van der Waals surface area contributed by atoms with Gasteiger partial charge in [-0.1, -0.05) is 60.7 Å². The highest BCUT2D eigenvalue weighted by Crippen LogP contribution is 2.43. The summed E-state index contributed by atoms with van der Waals surface area (Å²) in [5, 5.41) is 10.3. The zero-order chi connectivity index (χ0) is 14.2. The first-order valence-corrected chi connectivity index (χ1v) is 6.81. The van der Waals surface area contributed by atoms with Crippen molar-refractivity contribution in [1.29, 1.82) is 0 Å². The van der Waals surface area contributed by atoms with Gasteiger partial charge in [-0.25, -0.2) is 0 Å². The minimum atomic E-state index is -0.886. The second-order valence-corrected chi connectivity index (χ2v) is 5.50. The third kappa shape index (κ3) is 2.19. The van der Waals surface area contributed by atoms with Crippen molar-refractivity contribution in [1.82, 2.24) is 0 Å². The van der Waals surface area contributed by atoms with E-state index in [9.17, 15) is 5.02 Å². The average molecular weight is 264 g/mol. The lowest BCUT2D eigenvalue weighted by atomic mass is 9.72. The van der Waals surface area contributed by atoms with Gasteiger partial charge in [0.15, 0.2) is 0 Å². The number of hydrogen-bond acceptors (Lipinski definition) is 2. The Labute approximate surface area is 119 Å². The van der Waals surface area contributed by atoms with Gasteiger partial charge >= 0.3 is 7.12 Å². The SMILES string of the molecule is CC1(C)OB(O)C(c2ccccc2)=C1c1ccccc1. The van der Waals surface area contributed by atoms with Crippen molar-refractivity contribution >= 4 is 18.2 Å². The summed E-state index contributed by atoms with van der Waals surface area (Å²) in [6.45, 7) is 3.99. The first kappa shape index (κ1) is 13.2. The molecule has 3 heteroatoms. The van der Waals surface area contributed by atoms with E-state index < -0.39 is 12.7 Å². The summed E-state index contributed by atoms with van der Waals surface area (Å²) < 4.78 is 5.76. The van der Waals surface area contributed by atoms with Gasteiger partial charge in [-0.05, 0) is 36.0 Å². The predicted molar refractivity (Wildman–Crippen MR) is 82.8 cm³/mol. The molecule has 0 amide bonds. The summed E-state index contributed by atoms with van der Waals surface area (Å²) in [5.74, 6) is 0. The molecule has 0 radical (unpaired) electrons. The van der Waals surface area contributed by atoms with Gasteiger partial charge in [0.2, 0.25) is 0 Å². The molecule has 0 aliphatic carbocycles. The third-order valence-corrected chi connectivity index (χ3v) is 3.67. The van der Waals surface area contributed by atoms with Gasteiger partial charge in [0.05, 0.1) is 5.60 Å². The summed E-state index contributed by atoms with van der Waals surface area (Å²) in [5.41, 5.74) is 3.50. The Hall–Kier alpha value is -1.84. The average Bonchev–Trinajstić information content (AvgIpc) is 2.70. The van der Waals surface area contributed by atoms with Crippen molar-refractivity contribution < 1.29 is 9.68 Å². The topological polar surface area (TPSA) is 29.5 Å². The molecule has 0 spiro atoms. The Morgan fingerprint density at radius 1 is 0.850 bits per heavy atom. The van der Waals surface area contributed by atoms with E-state index in [1.54, 1.807) is 0 Å². The maximum Gasteiger partial charge on any atom is 0.492 e. The Balaban J connectivity index is 2.24. The van der Waals surface area contributed by atoms with Crippen molar-refractivity contribution in [3.63, 3.8) is 0 Å². The molecule has 0 saturated carbocycles. The fourth-order valence-electron chi connectivity index (χ4n) is 2.86. The van der Waals surface area contributed by atoms with Gasteiger partial charge in [-0.15, -0.1) is 0 Å². The van der Waals surface area contributed by atoms with Gasteiger partial charge in [0.1, 0.15) is 0 Å². The van der Waals surface area contributed by atoms with Gasteiger partial charge in [0, 0.05) is 0 Å². The van der Waals surface area contributed by atoms with E-state index in [2.05, 4.69) is 12.1 Å². The van der Waals surface area contributed by atoms with E-state index >= 15 is 0 Å². The largest absolute Gasteiger partial charge is 0.492 e. The van der Waals surface area contributed by atoms with Crippen LogP contribution in [0.5, 0.6) is 0 Å². The monoisotopic (exact) mass is 264 g/mol. The van der Waals surface area contributed by atoms with E-state index in [4.69, 9.17) is 4.65 Å². The molecule has 2 aromatic carbocycles. The van der Waals surface area contributed by atoms with Crippen molar-refractivity contribution in [2.45, 2.75) is 19.4 Å². The molecule has 3 rings (SSSR count). The molecule has 1 N–H and O–H groups in total. The second-order valence-electron chi connectivity index (χ2n) is 5.50. The van der Waals surface area contributed by atoms with Crippen LogP contribution in [0.2, 0.25) is 0 Å². The minimum absolute atomic E-state index is 0.508. The van der Waals surface area contributed by atoms with Crippen LogP contribution in [0, 0.1) is 0 Å². The fourth-order valence-corrected chi connectivity index (χ4v) is 2.86. The van der Waals surface area contributed by atoms with Crippen molar-refractivity contribution in [2.75, 3.05) is 0 Å². The summed E-state index contributed by atoms with van der Waals surface area (Å²) in [4.78, 5) is 0. The van der Waals surface area contributed by atoms with E-state index in [1.807, 2.05) is 62.4 Å². The highest BCUT2D eigenvalue weighted by Gasteiger charge is 2.43. The van der Waals surface area contributed by atoms with Gasteiger partial charge in [-0.2, -0.15) is 0 Å². The van der Waals surface area contributed by atoms with E-state index in [-0.39, 0.29) is 0 Å². The van der Waals surface area contributed by atoms with Crippen molar-refractivity contribution in [3.8, 4) is 0 Å². The molecule has 1 heterocycles. The molecule has 1 aliphatic heterocycles. The molecule has 20 heavy (non-hydrogen) atoms. The summed E-state index contributed by atoms with van der Waals surface area (Å²) in [6.07, 6.45) is 0. The summed E-state index contributed by atoms with van der Waals surface area (Å²) in [7, 11) is -0.886. The van der Waals surface area contributed by atoms with Crippen LogP contribution in [-0.2, 0) is 4.65 Å². The molecule has 0 unspecified atom stereocenters. The third-order valence-electron chi connectivity index (χ3n) is 3.67. The lowest BCUT2D eigenvalue weighted by molar-refractivity contribution is 0.155. The standard InChI is InChI=1S/C17H17BO2/c1-17(2)15(13-9-5-3-6-10-13)16(18(19)20-17)14-11-7-4-8-12-14/h3-12,19H,1-2H3. The van der Waals surface area contributed by atoms with Crippen LogP contribution in [0.15, 0.2) is 60.7 Å². The molecule has 0 bridgehead atoms. The molecule has 1 aliphatic rings. The fraction of sp³-hybridized carbons (Fsp3) is 0.176. The molecule has 0 saturated heterocycles. The summed E-state index contributed by atoms with van der Waals surface area (Å²) in [6, 6.07) is 20.1. The zero-order valence-corrected chi connectivity index (χ0v) is 11.7. The first-order valence-electron chi connectivity index (χ1n) is 6.81. The van der Waals surface area contributed by atoms with E-state index in [0.29, 0.717) is 0 Å². The van der Waals surface area contributed by atoms with E-state index in [1.165, 1.54) is 0 Å². The maximum atomic E-state index is 10.3. The second kappa shape index (κ2) is 4.93. The van der Waals surface area contributed by atoms with Crippen molar-refractivity contribution in [3.05, 3.63) is 71.8 Å². The maximum absolute atomic E-state index is 10.3. The van der Waals surface area contributed by atoms with Crippen LogP contribution in [0.4, 0.5) is 0 Å². The van der Waals surface area contributed by atoms with Crippen LogP contribution in [-0.4, -0.2) is 17.7 Å². The molecule has 2 aromatic rings. The molecular formula is C17H17BO2. The van der Waals surface area contributed by atoms with E-state index in [0.717, 1.165) is 22.2 Å². The lowest BCUT2D eigenvalue weighted by Crippen LogP contribution is -2.26. The zero-order valence-electron chi connectivity index (χ0n) is 11.7. The summed E-state index contributed by atoms with van der Waals surface area (Å²) >= 11 is 0. The lowest BCUT2D eigenvalue weighted by Gasteiger charge is -2.23. The van der Waals surface area contributed by atoms with Crippen LogP contribution < -0.4 is 0 Å². The molecular weight excluding hydrogens is 247 g/mol. The Morgan fingerprint density at radius 2 is 1.35 bits per heavy atom. The van der Waals surface area contributed by atoms with Crippen LogP contribution in [0.25, 0.3) is 11.0 Å². The minimum Gasteiger partial charge on any atom is -0.423 e. The quantitative estimate of drug-likeness (QED) is 0.842. The number of rotatable bonds is 2. The number of benzene rings is 2. The normalized spacial score (nSPS) is 17.6. The van der Waals surface area contributed by atoms with Crippen LogP contribution in [0.1, 0.15) is 25.0 Å². The molecule has 0 aromatic heterocycles.